The lowest BCUT2D eigenvalue weighted by atomic mass is 10.6. The fraction of sp³-hybridized carbons (Fsp3) is 0.500. The number of aromatic nitrogens is 2. The van der Waals surface area contributed by atoms with E-state index in [4.69, 9.17) is 4.74 Å². The predicted molar refractivity (Wildman–Crippen MR) is 53.8 cm³/mol. The smallest absolute Gasteiger partial charge is 0.316 e. The van der Waals surface area contributed by atoms with Crippen molar-refractivity contribution in [3.63, 3.8) is 0 Å². The second kappa shape index (κ2) is 5.88. The minimum absolute atomic E-state index is 0.418. The zero-order valence-corrected chi connectivity index (χ0v) is 9.04. The van der Waals surface area contributed by atoms with Gasteiger partial charge in [-0.3, -0.25) is 0 Å². The van der Waals surface area contributed by atoms with E-state index in [-0.39, 0.29) is 0 Å². The molecule has 0 fully saturated rings. The average molecular weight is 246 g/mol. The molecule has 0 saturated heterocycles. The van der Waals surface area contributed by atoms with E-state index in [2.05, 4.69) is 38.1 Å². The Hall–Kier alpha value is -0.680. The number of rotatable bonds is 5. The number of nitrogens with one attached hydrogen (secondary N) is 1. The Morgan fingerprint density at radius 3 is 2.77 bits per heavy atom. The topological polar surface area (TPSA) is 47.0 Å². The SMILES string of the molecule is CCNCCOc1ncc(Br)cn1. The molecule has 0 aliphatic carbocycles. The number of ether oxygens (including phenoxy) is 1. The molecule has 5 heteroatoms. The second-order valence-corrected chi connectivity index (χ2v) is 3.30. The van der Waals surface area contributed by atoms with Gasteiger partial charge in [0.25, 0.3) is 0 Å². The van der Waals surface area contributed by atoms with Gasteiger partial charge in [0.1, 0.15) is 6.61 Å². The maximum Gasteiger partial charge on any atom is 0.316 e. The van der Waals surface area contributed by atoms with Crippen LogP contribution in [0.2, 0.25) is 0 Å². The highest BCUT2D eigenvalue weighted by Crippen LogP contribution is 2.07. The van der Waals surface area contributed by atoms with Crippen molar-refractivity contribution in [3.05, 3.63) is 16.9 Å². The molecule has 1 heterocycles. The molecule has 1 aromatic heterocycles. The lowest BCUT2D eigenvalue weighted by Crippen LogP contribution is -2.20. The van der Waals surface area contributed by atoms with Gasteiger partial charge >= 0.3 is 6.01 Å². The monoisotopic (exact) mass is 245 g/mol. The van der Waals surface area contributed by atoms with Crippen molar-refractivity contribution in [1.29, 1.82) is 0 Å². The van der Waals surface area contributed by atoms with Gasteiger partial charge in [-0.1, -0.05) is 6.92 Å². The van der Waals surface area contributed by atoms with Crippen LogP contribution >= 0.6 is 15.9 Å². The highest BCUT2D eigenvalue weighted by molar-refractivity contribution is 9.10. The first-order valence-electron chi connectivity index (χ1n) is 4.14. The van der Waals surface area contributed by atoms with Crippen molar-refractivity contribution >= 4 is 15.9 Å². The molecular weight excluding hydrogens is 234 g/mol. The first-order chi connectivity index (χ1) is 6.33. The van der Waals surface area contributed by atoms with Crippen molar-refractivity contribution in [2.45, 2.75) is 6.92 Å². The molecule has 0 unspecified atom stereocenters. The molecule has 0 aliphatic heterocycles. The summed E-state index contributed by atoms with van der Waals surface area (Å²) in [6.45, 7) is 4.41. The van der Waals surface area contributed by atoms with Gasteiger partial charge in [0.15, 0.2) is 0 Å². The van der Waals surface area contributed by atoms with Crippen LogP contribution in [-0.2, 0) is 0 Å². The summed E-state index contributed by atoms with van der Waals surface area (Å²) in [7, 11) is 0. The molecule has 13 heavy (non-hydrogen) atoms. The van der Waals surface area contributed by atoms with E-state index in [0.29, 0.717) is 12.6 Å². The van der Waals surface area contributed by atoms with Gasteiger partial charge in [-0.25, -0.2) is 9.97 Å². The Balaban J connectivity index is 2.25. The van der Waals surface area contributed by atoms with Gasteiger partial charge in [0.05, 0.1) is 4.47 Å². The summed E-state index contributed by atoms with van der Waals surface area (Å²) in [6, 6.07) is 0.418. The molecule has 0 saturated carbocycles. The minimum atomic E-state index is 0.418. The summed E-state index contributed by atoms with van der Waals surface area (Å²) in [4.78, 5) is 7.94. The number of hydrogen-bond acceptors (Lipinski definition) is 4. The maximum absolute atomic E-state index is 5.26. The molecule has 1 aromatic rings. The number of nitrogens with zero attached hydrogens (tertiary/aromatic N) is 2. The van der Waals surface area contributed by atoms with Crippen molar-refractivity contribution in [3.8, 4) is 6.01 Å². The molecule has 72 valence electrons. The summed E-state index contributed by atoms with van der Waals surface area (Å²) in [6.07, 6.45) is 3.32. The van der Waals surface area contributed by atoms with Crippen LogP contribution in [0.15, 0.2) is 16.9 Å². The fourth-order valence-electron chi connectivity index (χ4n) is 0.766. The lowest BCUT2D eigenvalue weighted by Gasteiger charge is -2.03. The molecule has 0 spiro atoms. The third kappa shape index (κ3) is 4.19. The van der Waals surface area contributed by atoms with Crippen molar-refractivity contribution in [1.82, 2.24) is 15.3 Å². The predicted octanol–water partition coefficient (Wildman–Crippen LogP) is 1.23. The quantitative estimate of drug-likeness (QED) is 0.794. The van der Waals surface area contributed by atoms with Crippen LogP contribution in [0.1, 0.15) is 6.92 Å². The molecule has 0 radical (unpaired) electrons. The first-order valence-corrected chi connectivity index (χ1v) is 4.93. The summed E-state index contributed by atoms with van der Waals surface area (Å²) >= 11 is 3.25. The van der Waals surface area contributed by atoms with Gasteiger partial charge < -0.3 is 10.1 Å². The van der Waals surface area contributed by atoms with E-state index in [1.807, 2.05) is 0 Å². The molecule has 0 atom stereocenters. The molecule has 1 N–H and O–H groups in total. The normalized spacial score (nSPS) is 10.0. The third-order valence-corrected chi connectivity index (χ3v) is 1.77. The van der Waals surface area contributed by atoms with Crippen LogP contribution in [0.3, 0.4) is 0 Å². The van der Waals surface area contributed by atoms with Crippen LogP contribution in [-0.4, -0.2) is 29.7 Å². The van der Waals surface area contributed by atoms with E-state index in [1.165, 1.54) is 0 Å². The van der Waals surface area contributed by atoms with Gasteiger partial charge in [0.2, 0.25) is 0 Å². The van der Waals surface area contributed by atoms with Gasteiger partial charge in [-0.05, 0) is 22.5 Å². The second-order valence-electron chi connectivity index (χ2n) is 2.39. The van der Waals surface area contributed by atoms with Gasteiger partial charge in [-0.2, -0.15) is 0 Å². The molecule has 0 aliphatic rings. The highest BCUT2D eigenvalue weighted by atomic mass is 79.9. The van der Waals surface area contributed by atoms with E-state index in [0.717, 1.165) is 17.6 Å². The summed E-state index contributed by atoms with van der Waals surface area (Å²) < 4.78 is 6.11. The molecule has 0 amide bonds. The molecule has 0 aromatic carbocycles. The van der Waals surface area contributed by atoms with Gasteiger partial charge in [0, 0.05) is 18.9 Å². The minimum Gasteiger partial charge on any atom is -0.462 e. The molecule has 1 rings (SSSR count). The number of likely N-dealkylation sites (N-methyl/N-ethyl adjacent to an activating group) is 1. The highest BCUT2D eigenvalue weighted by Gasteiger charge is 1.95. The zero-order valence-electron chi connectivity index (χ0n) is 7.46. The Morgan fingerprint density at radius 1 is 1.46 bits per heavy atom. The summed E-state index contributed by atoms with van der Waals surface area (Å²) in [5, 5.41) is 3.14. The Kier molecular flexibility index (Phi) is 4.70. The van der Waals surface area contributed by atoms with Crippen LogP contribution in [0.5, 0.6) is 6.01 Å². The van der Waals surface area contributed by atoms with Gasteiger partial charge in [-0.15, -0.1) is 0 Å². The lowest BCUT2D eigenvalue weighted by molar-refractivity contribution is 0.291. The zero-order chi connectivity index (χ0) is 9.52. The Labute approximate surface area is 85.9 Å². The van der Waals surface area contributed by atoms with E-state index >= 15 is 0 Å². The van der Waals surface area contributed by atoms with Crippen LogP contribution in [0.25, 0.3) is 0 Å². The number of halogens is 1. The van der Waals surface area contributed by atoms with E-state index in [9.17, 15) is 0 Å². The van der Waals surface area contributed by atoms with Crippen molar-refractivity contribution in [2.75, 3.05) is 19.7 Å². The molecule has 4 nitrogen and oxygen atoms in total. The maximum atomic E-state index is 5.26. The van der Waals surface area contributed by atoms with E-state index in [1.54, 1.807) is 12.4 Å². The van der Waals surface area contributed by atoms with Crippen molar-refractivity contribution in [2.24, 2.45) is 0 Å². The van der Waals surface area contributed by atoms with Crippen LogP contribution < -0.4 is 10.1 Å². The van der Waals surface area contributed by atoms with Crippen LogP contribution in [0, 0.1) is 0 Å². The summed E-state index contributed by atoms with van der Waals surface area (Å²) in [5.41, 5.74) is 0. The molecular formula is C8H12BrN3O. The standard InChI is InChI=1S/C8H12BrN3O/c1-2-10-3-4-13-8-11-5-7(9)6-12-8/h5-6,10H,2-4H2,1H3. The fourth-order valence-corrected chi connectivity index (χ4v) is 0.971. The van der Waals surface area contributed by atoms with Crippen molar-refractivity contribution < 1.29 is 4.74 Å². The Morgan fingerprint density at radius 2 is 2.15 bits per heavy atom. The third-order valence-electron chi connectivity index (χ3n) is 1.36. The first kappa shape index (κ1) is 10.4. The molecule has 0 bridgehead atoms. The number of hydrogen-bond donors (Lipinski definition) is 1. The van der Waals surface area contributed by atoms with E-state index < -0.39 is 0 Å². The Bertz CT molecular complexity index is 240. The van der Waals surface area contributed by atoms with Crippen LogP contribution in [0.4, 0.5) is 0 Å². The average Bonchev–Trinajstić information content (AvgIpc) is 2.15. The largest absolute Gasteiger partial charge is 0.462 e. The summed E-state index contributed by atoms with van der Waals surface area (Å²) in [5.74, 6) is 0.